The van der Waals surface area contributed by atoms with E-state index in [1.165, 1.54) is 5.56 Å². The zero-order valence-electron chi connectivity index (χ0n) is 18.9. The van der Waals surface area contributed by atoms with Crippen molar-refractivity contribution in [2.45, 2.75) is 50.3 Å². The summed E-state index contributed by atoms with van der Waals surface area (Å²) in [5.74, 6) is -1.15. The van der Waals surface area contributed by atoms with Gasteiger partial charge in [0.05, 0.1) is 10.8 Å². The van der Waals surface area contributed by atoms with Crippen LogP contribution in [0, 0.1) is 12.8 Å². The fourth-order valence-corrected chi connectivity index (χ4v) is 4.97. The van der Waals surface area contributed by atoms with Crippen molar-refractivity contribution in [2.75, 3.05) is 4.72 Å². The number of hydrogen-bond acceptors (Lipinski definition) is 3. The SMILES string of the molecule is Cc1ccc(NS(=O)(=O)c2cccc(CCCC(CCCc3ccccc3)C(=O)O)c2)cc1. The van der Waals surface area contributed by atoms with Crippen LogP contribution in [0.1, 0.15) is 42.4 Å². The molecule has 3 aromatic rings. The number of hydrogen-bond donors (Lipinski definition) is 2. The second kappa shape index (κ2) is 11.7. The molecule has 0 bridgehead atoms. The standard InChI is InChI=1S/C27H31NO4S/c1-21-16-18-25(19-17-21)28-33(31,32)26-15-7-12-23(20-26)11-6-14-24(27(29)30)13-5-10-22-8-3-2-4-9-22/h2-4,7-9,12,15-20,24,28H,5-6,10-11,13-14H2,1H3,(H,29,30). The molecule has 3 aromatic carbocycles. The summed E-state index contributed by atoms with van der Waals surface area (Å²) in [6.45, 7) is 1.94. The van der Waals surface area contributed by atoms with Crippen LogP contribution in [0.3, 0.4) is 0 Å². The summed E-state index contributed by atoms with van der Waals surface area (Å²) in [6.07, 6.45) is 4.24. The fraction of sp³-hybridized carbons (Fsp3) is 0.296. The monoisotopic (exact) mass is 465 g/mol. The predicted octanol–water partition coefficient (Wildman–Crippen LogP) is 5.84. The maximum absolute atomic E-state index is 12.8. The van der Waals surface area contributed by atoms with Gasteiger partial charge in [0.2, 0.25) is 0 Å². The molecule has 1 atom stereocenters. The van der Waals surface area contributed by atoms with Gasteiger partial charge in [-0.1, -0.05) is 60.2 Å². The molecule has 6 heteroatoms. The molecule has 0 fully saturated rings. The average molecular weight is 466 g/mol. The van der Waals surface area contributed by atoms with E-state index in [-0.39, 0.29) is 10.8 Å². The first-order valence-electron chi connectivity index (χ1n) is 11.3. The van der Waals surface area contributed by atoms with E-state index in [0.717, 1.165) is 24.0 Å². The first kappa shape index (κ1) is 24.5. The molecule has 0 heterocycles. The summed E-state index contributed by atoms with van der Waals surface area (Å²) < 4.78 is 28.1. The molecule has 3 rings (SSSR count). The van der Waals surface area contributed by atoms with Crippen LogP contribution in [0.4, 0.5) is 5.69 Å². The van der Waals surface area contributed by atoms with Gasteiger partial charge >= 0.3 is 5.97 Å². The van der Waals surface area contributed by atoms with Crippen molar-refractivity contribution in [1.82, 2.24) is 0 Å². The maximum atomic E-state index is 12.8. The van der Waals surface area contributed by atoms with Gasteiger partial charge in [-0.2, -0.15) is 0 Å². The Morgan fingerprint density at radius 1 is 0.848 bits per heavy atom. The van der Waals surface area contributed by atoms with Crippen molar-refractivity contribution in [2.24, 2.45) is 5.92 Å². The molecule has 0 amide bonds. The Morgan fingerprint density at radius 2 is 1.45 bits per heavy atom. The number of rotatable bonds is 12. The summed E-state index contributed by atoms with van der Waals surface area (Å²) in [7, 11) is -3.69. The van der Waals surface area contributed by atoms with Gasteiger partial charge < -0.3 is 5.11 Å². The second-order valence-electron chi connectivity index (χ2n) is 8.42. The second-order valence-corrected chi connectivity index (χ2v) is 10.1. The van der Waals surface area contributed by atoms with E-state index >= 15 is 0 Å². The van der Waals surface area contributed by atoms with E-state index in [4.69, 9.17) is 0 Å². The highest BCUT2D eigenvalue weighted by atomic mass is 32.2. The molecule has 0 aliphatic rings. The molecule has 0 radical (unpaired) electrons. The molecule has 2 N–H and O–H groups in total. The molecule has 0 saturated carbocycles. The van der Waals surface area contributed by atoms with Gasteiger partial charge in [-0.3, -0.25) is 9.52 Å². The molecular formula is C27H31NO4S. The highest BCUT2D eigenvalue weighted by molar-refractivity contribution is 7.92. The molecule has 33 heavy (non-hydrogen) atoms. The summed E-state index contributed by atoms with van der Waals surface area (Å²) >= 11 is 0. The lowest BCUT2D eigenvalue weighted by atomic mass is 9.93. The van der Waals surface area contributed by atoms with E-state index in [2.05, 4.69) is 16.9 Å². The quantitative estimate of drug-likeness (QED) is 0.352. The third-order valence-corrected chi connectivity index (χ3v) is 7.12. The Balaban J connectivity index is 1.53. The van der Waals surface area contributed by atoms with Crippen LogP contribution >= 0.6 is 0 Å². The highest BCUT2D eigenvalue weighted by Gasteiger charge is 2.18. The lowest BCUT2D eigenvalue weighted by Crippen LogP contribution is -2.14. The zero-order chi connectivity index (χ0) is 23.7. The molecule has 0 saturated heterocycles. The number of benzene rings is 3. The van der Waals surface area contributed by atoms with E-state index in [9.17, 15) is 18.3 Å². The van der Waals surface area contributed by atoms with Gasteiger partial charge in [-0.15, -0.1) is 0 Å². The first-order valence-corrected chi connectivity index (χ1v) is 12.8. The average Bonchev–Trinajstić information content (AvgIpc) is 2.80. The Hall–Kier alpha value is -3.12. The number of sulfonamides is 1. The van der Waals surface area contributed by atoms with Crippen LogP contribution in [0.5, 0.6) is 0 Å². The molecule has 0 aliphatic heterocycles. The Morgan fingerprint density at radius 3 is 2.09 bits per heavy atom. The van der Waals surface area contributed by atoms with Gasteiger partial charge in [0, 0.05) is 5.69 Å². The maximum Gasteiger partial charge on any atom is 0.306 e. The largest absolute Gasteiger partial charge is 0.481 e. The van der Waals surface area contributed by atoms with Crippen molar-refractivity contribution in [3.63, 3.8) is 0 Å². The zero-order valence-corrected chi connectivity index (χ0v) is 19.7. The molecule has 0 spiro atoms. The van der Waals surface area contributed by atoms with Crippen LogP contribution < -0.4 is 4.72 Å². The van der Waals surface area contributed by atoms with Crippen LogP contribution in [0.25, 0.3) is 0 Å². The first-order chi connectivity index (χ1) is 15.8. The predicted molar refractivity (Wildman–Crippen MR) is 132 cm³/mol. The number of aliphatic carboxylic acids is 1. The third kappa shape index (κ3) is 7.75. The van der Waals surface area contributed by atoms with Gasteiger partial charge in [-0.25, -0.2) is 8.42 Å². The molecule has 0 aliphatic carbocycles. The minimum Gasteiger partial charge on any atom is -0.481 e. The van der Waals surface area contributed by atoms with Crippen LogP contribution in [-0.4, -0.2) is 19.5 Å². The Labute approximate surface area is 196 Å². The molecular weight excluding hydrogens is 434 g/mol. The van der Waals surface area contributed by atoms with Crippen molar-refractivity contribution in [3.8, 4) is 0 Å². The number of carboxylic acids is 1. The lowest BCUT2D eigenvalue weighted by molar-refractivity contribution is -0.142. The molecule has 5 nitrogen and oxygen atoms in total. The van der Waals surface area contributed by atoms with Gasteiger partial charge in [0.25, 0.3) is 10.0 Å². The van der Waals surface area contributed by atoms with Crippen molar-refractivity contribution in [3.05, 3.63) is 95.6 Å². The minimum absolute atomic E-state index is 0.207. The van der Waals surface area contributed by atoms with Crippen LogP contribution in [-0.2, 0) is 27.7 Å². The third-order valence-electron chi connectivity index (χ3n) is 5.74. The number of nitrogens with one attached hydrogen (secondary N) is 1. The van der Waals surface area contributed by atoms with E-state index in [0.29, 0.717) is 31.4 Å². The topological polar surface area (TPSA) is 83.5 Å². The summed E-state index contributed by atoms with van der Waals surface area (Å²) in [5.41, 5.74) is 3.68. The van der Waals surface area contributed by atoms with Crippen LogP contribution in [0.2, 0.25) is 0 Å². The summed E-state index contributed by atoms with van der Waals surface area (Å²) in [6, 6.07) is 24.1. The normalized spacial score (nSPS) is 12.3. The summed E-state index contributed by atoms with van der Waals surface area (Å²) in [5, 5.41) is 9.59. The number of aryl methyl sites for hydroxylation is 3. The van der Waals surface area contributed by atoms with Crippen molar-refractivity contribution in [1.29, 1.82) is 0 Å². The smallest absolute Gasteiger partial charge is 0.306 e. The summed E-state index contributed by atoms with van der Waals surface area (Å²) in [4.78, 5) is 11.9. The Kier molecular flexibility index (Phi) is 8.66. The van der Waals surface area contributed by atoms with E-state index in [1.807, 2.05) is 43.3 Å². The molecule has 0 aromatic heterocycles. The van der Waals surface area contributed by atoms with E-state index in [1.54, 1.807) is 30.3 Å². The van der Waals surface area contributed by atoms with Crippen LogP contribution in [0.15, 0.2) is 83.8 Å². The van der Waals surface area contributed by atoms with Gasteiger partial charge in [0.1, 0.15) is 0 Å². The number of anilines is 1. The van der Waals surface area contributed by atoms with Crippen molar-refractivity contribution < 1.29 is 18.3 Å². The molecule has 174 valence electrons. The fourth-order valence-electron chi connectivity index (χ4n) is 3.84. The van der Waals surface area contributed by atoms with Crippen molar-refractivity contribution >= 4 is 21.7 Å². The number of carboxylic acid groups (broad SMARTS) is 1. The Bertz CT molecular complexity index is 1140. The number of carbonyl (C=O) groups is 1. The highest BCUT2D eigenvalue weighted by Crippen LogP contribution is 2.21. The van der Waals surface area contributed by atoms with Gasteiger partial charge in [-0.05, 0) is 80.8 Å². The van der Waals surface area contributed by atoms with E-state index < -0.39 is 16.0 Å². The minimum atomic E-state index is -3.69. The lowest BCUT2D eigenvalue weighted by Gasteiger charge is -2.13. The van der Waals surface area contributed by atoms with Gasteiger partial charge in [0.15, 0.2) is 0 Å². The molecule has 1 unspecified atom stereocenters.